The van der Waals surface area contributed by atoms with Crippen LogP contribution in [0, 0.1) is 18.3 Å². The summed E-state index contributed by atoms with van der Waals surface area (Å²) < 4.78 is 40.2. The molecule has 2 N–H and O–H groups in total. The van der Waals surface area contributed by atoms with Gasteiger partial charge in [-0.05, 0) is 13.3 Å². The van der Waals surface area contributed by atoms with Crippen molar-refractivity contribution in [3.05, 3.63) is 23.7 Å². The van der Waals surface area contributed by atoms with Crippen molar-refractivity contribution >= 4 is 17.5 Å². The van der Waals surface area contributed by atoms with Crippen LogP contribution in [0.15, 0.2) is 12.4 Å². The lowest BCUT2D eigenvalue weighted by Gasteiger charge is -2.12. The molecule has 1 atom stereocenters. The SMILES string of the molecule is CCCC(C#N)n1cc(Nc2ncc(C(F)(F)F)c(NC)n2)c(C)n1. The van der Waals surface area contributed by atoms with Gasteiger partial charge in [-0.2, -0.15) is 28.5 Å². The van der Waals surface area contributed by atoms with E-state index >= 15 is 0 Å². The molecule has 2 heterocycles. The van der Waals surface area contributed by atoms with Crippen molar-refractivity contribution in [3.8, 4) is 6.07 Å². The summed E-state index contributed by atoms with van der Waals surface area (Å²) in [6, 6.07) is 1.77. The van der Waals surface area contributed by atoms with Crippen LogP contribution >= 0.6 is 0 Å². The Morgan fingerprint density at radius 1 is 1.40 bits per heavy atom. The van der Waals surface area contributed by atoms with Crippen molar-refractivity contribution < 1.29 is 13.2 Å². The van der Waals surface area contributed by atoms with Crippen molar-refractivity contribution in [2.24, 2.45) is 0 Å². The zero-order valence-corrected chi connectivity index (χ0v) is 14.0. The summed E-state index contributed by atoms with van der Waals surface area (Å²) in [4.78, 5) is 7.57. The lowest BCUT2D eigenvalue weighted by atomic mass is 10.2. The Bertz CT molecular complexity index is 776. The minimum absolute atomic E-state index is 0.00370. The molecule has 0 amide bonds. The summed E-state index contributed by atoms with van der Waals surface area (Å²) in [7, 11) is 1.35. The second kappa shape index (κ2) is 7.38. The molecule has 2 aromatic heterocycles. The van der Waals surface area contributed by atoms with Crippen LogP contribution in [0.1, 0.15) is 37.1 Å². The molecule has 0 bridgehead atoms. The number of nitrogens with zero attached hydrogens (tertiary/aromatic N) is 5. The number of nitrogens with one attached hydrogen (secondary N) is 2. The van der Waals surface area contributed by atoms with Crippen LogP contribution in [0.25, 0.3) is 0 Å². The second-order valence-electron chi connectivity index (χ2n) is 5.37. The van der Waals surface area contributed by atoms with Gasteiger partial charge in [0, 0.05) is 13.2 Å². The summed E-state index contributed by atoms with van der Waals surface area (Å²) in [5.41, 5.74) is 0.171. The number of aryl methyl sites for hydroxylation is 1. The number of hydrogen-bond acceptors (Lipinski definition) is 6. The molecular weight excluding hydrogens is 335 g/mol. The smallest absolute Gasteiger partial charge is 0.372 e. The molecule has 7 nitrogen and oxygen atoms in total. The average molecular weight is 353 g/mol. The van der Waals surface area contributed by atoms with Crippen LogP contribution in [0.2, 0.25) is 0 Å². The highest BCUT2D eigenvalue weighted by Gasteiger charge is 2.35. The zero-order chi connectivity index (χ0) is 18.6. The van der Waals surface area contributed by atoms with E-state index in [0.29, 0.717) is 17.8 Å². The minimum atomic E-state index is -4.54. The topological polar surface area (TPSA) is 91.5 Å². The lowest BCUT2D eigenvalue weighted by Crippen LogP contribution is -2.12. The third-order valence-corrected chi connectivity index (χ3v) is 3.52. The van der Waals surface area contributed by atoms with Gasteiger partial charge in [0.05, 0.1) is 23.6 Å². The number of halogens is 3. The molecule has 0 aliphatic heterocycles. The van der Waals surface area contributed by atoms with Gasteiger partial charge in [-0.15, -0.1) is 0 Å². The van der Waals surface area contributed by atoms with E-state index in [0.717, 1.165) is 12.6 Å². The number of hydrogen-bond donors (Lipinski definition) is 2. The first kappa shape index (κ1) is 18.5. The Balaban J connectivity index is 2.29. The van der Waals surface area contributed by atoms with Crippen molar-refractivity contribution in [1.29, 1.82) is 5.26 Å². The van der Waals surface area contributed by atoms with E-state index in [2.05, 4.69) is 31.8 Å². The van der Waals surface area contributed by atoms with Gasteiger partial charge in [0.2, 0.25) is 5.95 Å². The Morgan fingerprint density at radius 2 is 2.12 bits per heavy atom. The van der Waals surface area contributed by atoms with Gasteiger partial charge in [-0.25, -0.2) is 4.98 Å². The quantitative estimate of drug-likeness (QED) is 0.824. The molecule has 1 unspecified atom stereocenters. The molecule has 25 heavy (non-hydrogen) atoms. The molecule has 0 aromatic carbocycles. The molecule has 0 saturated carbocycles. The molecule has 0 spiro atoms. The highest BCUT2D eigenvalue weighted by molar-refractivity contribution is 5.57. The summed E-state index contributed by atoms with van der Waals surface area (Å²) >= 11 is 0. The highest BCUT2D eigenvalue weighted by atomic mass is 19.4. The Hall–Kier alpha value is -2.83. The standard InChI is InChI=1S/C15H18F3N7/c1-4-5-10(6-19)25-8-12(9(2)24-25)22-14-21-7-11(15(16,17)18)13(20-3)23-14/h7-8,10H,4-5H2,1-3H3,(H2,20,21,22,23). The summed E-state index contributed by atoms with van der Waals surface area (Å²) in [5, 5.41) is 18.7. The number of anilines is 3. The molecular formula is C15H18F3N7. The summed E-state index contributed by atoms with van der Waals surface area (Å²) in [6.07, 6.45) is -0.724. The lowest BCUT2D eigenvalue weighted by molar-refractivity contribution is -0.137. The molecule has 134 valence electrons. The van der Waals surface area contributed by atoms with Gasteiger partial charge >= 0.3 is 6.18 Å². The molecule has 2 aromatic rings. The fourth-order valence-electron chi connectivity index (χ4n) is 2.25. The van der Waals surface area contributed by atoms with E-state index in [1.165, 1.54) is 11.7 Å². The fraction of sp³-hybridized carbons (Fsp3) is 0.467. The van der Waals surface area contributed by atoms with Crippen LogP contribution in [0.4, 0.5) is 30.6 Å². The largest absolute Gasteiger partial charge is 0.421 e. The van der Waals surface area contributed by atoms with Crippen LogP contribution in [0.5, 0.6) is 0 Å². The maximum absolute atomic E-state index is 12.9. The Kier molecular flexibility index (Phi) is 5.46. The van der Waals surface area contributed by atoms with Crippen molar-refractivity contribution in [1.82, 2.24) is 19.7 Å². The molecule has 0 aliphatic carbocycles. The monoisotopic (exact) mass is 353 g/mol. The van der Waals surface area contributed by atoms with E-state index in [9.17, 15) is 18.4 Å². The normalized spacial score (nSPS) is 12.5. The van der Waals surface area contributed by atoms with Crippen LogP contribution in [-0.4, -0.2) is 26.8 Å². The van der Waals surface area contributed by atoms with Gasteiger partial charge < -0.3 is 10.6 Å². The third kappa shape index (κ3) is 4.17. The first-order valence-electron chi connectivity index (χ1n) is 7.64. The third-order valence-electron chi connectivity index (χ3n) is 3.52. The van der Waals surface area contributed by atoms with E-state index in [1.807, 2.05) is 6.92 Å². The molecule has 0 fully saturated rings. The number of rotatable bonds is 6. The molecule has 0 aliphatic rings. The number of nitriles is 1. The van der Waals surface area contributed by atoms with Crippen LogP contribution in [-0.2, 0) is 6.18 Å². The fourth-order valence-corrected chi connectivity index (χ4v) is 2.25. The Labute approximate surface area is 142 Å². The van der Waals surface area contributed by atoms with E-state index in [4.69, 9.17) is 0 Å². The van der Waals surface area contributed by atoms with Crippen molar-refractivity contribution in [3.63, 3.8) is 0 Å². The first-order valence-corrected chi connectivity index (χ1v) is 7.64. The number of aromatic nitrogens is 4. The van der Waals surface area contributed by atoms with E-state index in [-0.39, 0.29) is 11.8 Å². The van der Waals surface area contributed by atoms with Gasteiger partial charge in [0.15, 0.2) is 0 Å². The summed E-state index contributed by atoms with van der Waals surface area (Å²) in [6.45, 7) is 3.69. The number of alkyl halides is 3. The predicted octanol–water partition coefficient (Wildman–Crippen LogP) is 3.65. The van der Waals surface area contributed by atoms with E-state index < -0.39 is 17.8 Å². The minimum Gasteiger partial charge on any atom is -0.372 e. The van der Waals surface area contributed by atoms with Gasteiger partial charge in [0.25, 0.3) is 0 Å². The maximum atomic E-state index is 12.9. The van der Waals surface area contributed by atoms with Gasteiger partial charge in [-0.3, -0.25) is 4.68 Å². The molecule has 10 heteroatoms. The maximum Gasteiger partial charge on any atom is 0.421 e. The van der Waals surface area contributed by atoms with Gasteiger partial charge in [-0.1, -0.05) is 13.3 Å². The predicted molar refractivity (Wildman–Crippen MR) is 86.4 cm³/mol. The van der Waals surface area contributed by atoms with E-state index in [1.54, 1.807) is 13.1 Å². The first-order chi connectivity index (χ1) is 11.8. The zero-order valence-electron chi connectivity index (χ0n) is 14.0. The Morgan fingerprint density at radius 3 is 2.68 bits per heavy atom. The van der Waals surface area contributed by atoms with Gasteiger partial charge in [0.1, 0.15) is 17.4 Å². The molecule has 2 rings (SSSR count). The van der Waals surface area contributed by atoms with Crippen LogP contribution in [0.3, 0.4) is 0 Å². The van der Waals surface area contributed by atoms with Crippen molar-refractivity contribution in [2.75, 3.05) is 17.7 Å². The van der Waals surface area contributed by atoms with Crippen LogP contribution < -0.4 is 10.6 Å². The van der Waals surface area contributed by atoms with Crippen molar-refractivity contribution in [2.45, 2.75) is 38.9 Å². The average Bonchev–Trinajstić information content (AvgIpc) is 2.92. The summed E-state index contributed by atoms with van der Waals surface area (Å²) in [5.74, 6) is -0.320. The second-order valence-corrected chi connectivity index (χ2v) is 5.37. The molecule has 0 radical (unpaired) electrons. The highest BCUT2D eigenvalue weighted by Crippen LogP contribution is 2.34. The molecule has 0 saturated heterocycles.